The fraction of sp³-hybridized carbons (Fsp3) is 0.143. The highest BCUT2D eigenvalue weighted by Crippen LogP contribution is 2.16. The molecule has 1 N–H and O–H groups in total. The number of hydrogen-bond acceptors (Lipinski definition) is 3. The Labute approximate surface area is 101 Å². The van der Waals surface area contributed by atoms with Crippen molar-refractivity contribution in [2.24, 2.45) is 0 Å². The van der Waals surface area contributed by atoms with Crippen LogP contribution in [0.2, 0.25) is 0 Å². The maximum atomic E-state index is 4.58. The van der Waals surface area contributed by atoms with E-state index in [1.165, 1.54) is 5.56 Å². The summed E-state index contributed by atoms with van der Waals surface area (Å²) >= 11 is 0. The Bertz CT molecular complexity index is 585. The normalized spacial score (nSPS) is 11.5. The van der Waals surface area contributed by atoms with Gasteiger partial charge in [-0.3, -0.25) is 4.98 Å². The van der Waals surface area contributed by atoms with E-state index in [2.05, 4.69) is 21.9 Å². The summed E-state index contributed by atoms with van der Waals surface area (Å²) in [5, 5.41) is 2.98. The second-order valence-corrected chi connectivity index (χ2v) is 3.84. The Morgan fingerprint density at radius 2 is 2.18 bits per heavy atom. The van der Waals surface area contributed by atoms with Crippen LogP contribution in [0.4, 0.5) is 0 Å². The lowest BCUT2D eigenvalue weighted by Gasteiger charge is -2.04. The van der Waals surface area contributed by atoms with Crippen LogP contribution in [0.1, 0.15) is 11.3 Å². The first-order valence-corrected chi connectivity index (χ1v) is 5.48. The molecule has 86 valence electrons. The number of rotatable bonds is 3. The molecule has 0 aliphatic heterocycles. The summed E-state index contributed by atoms with van der Waals surface area (Å²) < 4.78 is 0. The van der Waals surface area contributed by atoms with Gasteiger partial charge in [0.05, 0.1) is 22.9 Å². The Morgan fingerprint density at radius 1 is 1.35 bits per heavy atom. The highest BCUT2D eigenvalue weighted by molar-refractivity contribution is 5.79. The van der Waals surface area contributed by atoms with Crippen molar-refractivity contribution in [1.29, 1.82) is 0 Å². The molecule has 0 amide bonds. The summed E-state index contributed by atoms with van der Waals surface area (Å²) in [5.74, 6) is 0. The number of allylic oxidation sites excluding steroid dienone is 2. The molecule has 2 aromatic rings. The van der Waals surface area contributed by atoms with Gasteiger partial charge in [0.2, 0.25) is 0 Å². The quantitative estimate of drug-likeness (QED) is 0.816. The zero-order chi connectivity index (χ0) is 12.3. The van der Waals surface area contributed by atoms with Crippen LogP contribution in [0.3, 0.4) is 0 Å². The van der Waals surface area contributed by atoms with Crippen molar-refractivity contribution in [2.45, 2.75) is 6.92 Å². The average Bonchev–Trinajstić information content (AvgIpc) is 2.35. The lowest BCUT2D eigenvalue weighted by Crippen LogP contribution is -1.97. The van der Waals surface area contributed by atoms with Gasteiger partial charge in [0.1, 0.15) is 0 Å². The molecule has 3 nitrogen and oxygen atoms in total. The van der Waals surface area contributed by atoms with Gasteiger partial charge in [-0.25, -0.2) is 4.98 Å². The standard InChI is InChI=1S/C14H15N3/c1-4-11(8-15-3)14-9-16-12-6-5-10(2)7-13(12)17-14/h4-9,15H,1H2,2-3H3/b11-8+. The SMILES string of the molecule is C=C/C(=C\NC)c1cnc2ccc(C)cc2n1. The van der Waals surface area contributed by atoms with Crippen molar-refractivity contribution in [1.82, 2.24) is 15.3 Å². The van der Waals surface area contributed by atoms with Gasteiger partial charge >= 0.3 is 0 Å². The topological polar surface area (TPSA) is 37.8 Å². The number of aromatic nitrogens is 2. The summed E-state index contributed by atoms with van der Waals surface area (Å²) in [6, 6.07) is 6.05. The molecule has 1 aromatic heterocycles. The summed E-state index contributed by atoms with van der Waals surface area (Å²) in [7, 11) is 1.85. The second kappa shape index (κ2) is 4.78. The summed E-state index contributed by atoms with van der Waals surface area (Å²) in [6.07, 6.45) is 5.39. The number of fused-ring (bicyclic) bond motifs is 1. The minimum atomic E-state index is 0.826. The molecular weight excluding hydrogens is 210 g/mol. The summed E-state index contributed by atoms with van der Waals surface area (Å²) in [5.41, 5.74) is 4.76. The second-order valence-electron chi connectivity index (χ2n) is 3.84. The van der Waals surface area contributed by atoms with Crippen molar-refractivity contribution < 1.29 is 0 Å². The molecule has 0 aliphatic rings. The molecule has 1 heterocycles. The number of hydrogen-bond donors (Lipinski definition) is 1. The lowest BCUT2D eigenvalue weighted by atomic mass is 10.2. The molecule has 0 spiro atoms. The first-order chi connectivity index (χ1) is 8.24. The van der Waals surface area contributed by atoms with Crippen LogP contribution in [-0.4, -0.2) is 17.0 Å². The largest absolute Gasteiger partial charge is 0.393 e. The van der Waals surface area contributed by atoms with Gasteiger partial charge in [0.25, 0.3) is 0 Å². The first-order valence-electron chi connectivity index (χ1n) is 5.48. The highest BCUT2D eigenvalue weighted by atomic mass is 14.8. The van der Waals surface area contributed by atoms with E-state index in [-0.39, 0.29) is 0 Å². The van der Waals surface area contributed by atoms with Crippen LogP contribution in [0.5, 0.6) is 0 Å². The molecule has 2 rings (SSSR count). The molecule has 0 radical (unpaired) electrons. The fourth-order valence-electron chi connectivity index (χ4n) is 1.65. The monoisotopic (exact) mass is 225 g/mol. The molecule has 1 aromatic carbocycles. The maximum absolute atomic E-state index is 4.58. The summed E-state index contributed by atoms with van der Waals surface area (Å²) in [4.78, 5) is 8.98. The van der Waals surface area contributed by atoms with E-state index in [1.807, 2.05) is 38.4 Å². The van der Waals surface area contributed by atoms with Gasteiger partial charge in [-0.2, -0.15) is 0 Å². The van der Waals surface area contributed by atoms with E-state index in [0.717, 1.165) is 22.3 Å². The van der Waals surface area contributed by atoms with Crippen molar-refractivity contribution in [3.05, 3.63) is 54.5 Å². The minimum Gasteiger partial charge on any atom is -0.393 e. The predicted octanol–water partition coefficient (Wildman–Crippen LogP) is 2.68. The Kier molecular flexibility index (Phi) is 3.19. The van der Waals surface area contributed by atoms with Crippen LogP contribution in [-0.2, 0) is 0 Å². The molecule has 0 bridgehead atoms. The Morgan fingerprint density at radius 3 is 2.88 bits per heavy atom. The van der Waals surface area contributed by atoms with Gasteiger partial charge in [0, 0.05) is 18.8 Å². The van der Waals surface area contributed by atoms with E-state index in [1.54, 1.807) is 12.3 Å². The third kappa shape index (κ3) is 2.33. The third-order valence-electron chi connectivity index (χ3n) is 2.51. The summed E-state index contributed by atoms with van der Waals surface area (Å²) in [6.45, 7) is 5.82. The fourth-order valence-corrected chi connectivity index (χ4v) is 1.65. The molecule has 0 unspecified atom stereocenters. The van der Waals surface area contributed by atoms with Crippen LogP contribution < -0.4 is 5.32 Å². The van der Waals surface area contributed by atoms with Gasteiger partial charge in [0.15, 0.2) is 0 Å². The van der Waals surface area contributed by atoms with Crippen molar-refractivity contribution in [2.75, 3.05) is 7.05 Å². The van der Waals surface area contributed by atoms with Crippen molar-refractivity contribution in [3.8, 4) is 0 Å². The Balaban J connectivity index is 2.57. The molecular formula is C14H15N3. The van der Waals surface area contributed by atoms with Crippen LogP contribution in [0.25, 0.3) is 16.6 Å². The maximum Gasteiger partial charge on any atom is 0.0907 e. The molecule has 0 saturated heterocycles. The zero-order valence-electron chi connectivity index (χ0n) is 10.1. The van der Waals surface area contributed by atoms with E-state index in [0.29, 0.717) is 0 Å². The van der Waals surface area contributed by atoms with Gasteiger partial charge in [-0.15, -0.1) is 0 Å². The van der Waals surface area contributed by atoms with Crippen LogP contribution >= 0.6 is 0 Å². The predicted molar refractivity (Wildman–Crippen MR) is 71.5 cm³/mol. The van der Waals surface area contributed by atoms with Gasteiger partial charge in [-0.1, -0.05) is 18.7 Å². The average molecular weight is 225 g/mol. The third-order valence-corrected chi connectivity index (χ3v) is 2.51. The molecule has 0 fully saturated rings. The lowest BCUT2D eigenvalue weighted by molar-refractivity contribution is 1.10. The molecule has 3 heteroatoms. The Hall–Kier alpha value is -2.16. The van der Waals surface area contributed by atoms with Crippen LogP contribution in [0, 0.1) is 6.92 Å². The highest BCUT2D eigenvalue weighted by Gasteiger charge is 2.02. The van der Waals surface area contributed by atoms with Gasteiger partial charge in [-0.05, 0) is 24.6 Å². The minimum absolute atomic E-state index is 0.826. The molecule has 17 heavy (non-hydrogen) atoms. The van der Waals surface area contributed by atoms with E-state index in [4.69, 9.17) is 0 Å². The number of benzene rings is 1. The van der Waals surface area contributed by atoms with E-state index in [9.17, 15) is 0 Å². The first kappa shape index (κ1) is 11.3. The van der Waals surface area contributed by atoms with E-state index >= 15 is 0 Å². The van der Waals surface area contributed by atoms with Crippen molar-refractivity contribution >= 4 is 16.6 Å². The number of nitrogens with one attached hydrogen (secondary N) is 1. The van der Waals surface area contributed by atoms with E-state index < -0.39 is 0 Å². The molecule has 0 saturated carbocycles. The van der Waals surface area contributed by atoms with Crippen molar-refractivity contribution in [3.63, 3.8) is 0 Å². The smallest absolute Gasteiger partial charge is 0.0907 e. The van der Waals surface area contributed by atoms with Crippen LogP contribution in [0.15, 0.2) is 43.3 Å². The number of aryl methyl sites for hydroxylation is 1. The molecule has 0 aliphatic carbocycles. The van der Waals surface area contributed by atoms with Gasteiger partial charge < -0.3 is 5.32 Å². The molecule has 0 atom stereocenters. The zero-order valence-corrected chi connectivity index (χ0v) is 10.1. The number of nitrogens with zero attached hydrogens (tertiary/aromatic N) is 2.